The Labute approximate surface area is 73.2 Å². The summed E-state index contributed by atoms with van der Waals surface area (Å²) in [6.07, 6.45) is 9.91. The monoisotopic (exact) mass is 154 g/mol. The lowest BCUT2D eigenvalue weighted by atomic mass is 9.94. The molecule has 11 heavy (non-hydrogen) atoms. The normalized spacial score (nSPS) is 13.3. The summed E-state index contributed by atoms with van der Waals surface area (Å²) in [5.41, 5.74) is 0. The van der Waals surface area contributed by atoms with Crippen LogP contribution < -0.4 is 0 Å². The van der Waals surface area contributed by atoms with Gasteiger partial charge in [-0.25, -0.2) is 0 Å². The quantitative estimate of drug-likeness (QED) is 0.390. The molecule has 0 amide bonds. The van der Waals surface area contributed by atoms with Gasteiger partial charge in [0.2, 0.25) is 0 Å². The first kappa shape index (κ1) is 11.1. The Morgan fingerprint density at radius 1 is 1.09 bits per heavy atom. The minimum atomic E-state index is 0.974. The van der Waals surface area contributed by atoms with Gasteiger partial charge in [0.05, 0.1) is 0 Å². The van der Waals surface area contributed by atoms with Crippen LogP contribution >= 0.6 is 0 Å². The fraction of sp³-hybridized carbons (Fsp3) is 1.00. The average Bonchev–Trinajstić information content (AvgIpc) is 2.01. The first-order valence-corrected chi connectivity index (χ1v) is 5.31. The maximum Gasteiger partial charge on any atom is 0.101 e. The minimum absolute atomic E-state index is 0.974. The third-order valence-electron chi connectivity index (χ3n) is 2.35. The molecular formula is C10H23B. The Morgan fingerprint density at radius 3 is 2.27 bits per heavy atom. The second-order valence-corrected chi connectivity index (χ2v) is 3.74. The third kappa shape index (κ3) is 7.97. The summed E-state index contributed by atoms with van der Waals surface area (Å²) >= 11 is 0. The second kappa shape index (κ2) is 8.16. The second-order valence-electron chi connectivity index (χ2n) is 3.74. The van der Waals surface area contributed by atoms with E-state index in [0.717, 1.165) is 5.92 Å². The number of hydrogen-bond acceptors (Lipinski definition) is 0. The summed E-state index contributed by atoms with van der Waals surface area (Å²) in [6, 6.07) is 0. The molecule has 1 unspecified atom stereocenters. The van der Waals surface area contributed by atoms with Gasteiger partial charge in [0.15, 0.2) is 0 Å². The highest BCUT2D eigenvalue weighted by molar-refractivity contribution is 6.08. The molecule has 0 fully saturated rings. The van der Waals surface area contributed by atoms with Crippen molar-refractivity contribution in [1.82, 2.24) is 0 Å². The number of hydrogen-bond donors (Lipinski definition) is 0. The van der Waals surface area contributed by atoms with E-state index in [1.807, 2.05) is 0 Å². The molecule has 0 aliphatic carbocycles. The van der Waals surface area contributed by atoms with Crippen LogP contribution in [-0.2, 0) is 0 Å². The van der Waals surface area contributed by atoms with Gasteiger partial charge in [0.1, 0.15) is 7.85 Å². The van der Waals surface area contributed by atoms with Crippen LogP contribution in [0.5, 0.6) is 0 Å². The Morgan fingerprint density at radius 2 is 1.73 bits per heavy atom. The van der Waals surface area contributed by atoms with Crippen molar-refractivity contribution in [2.45, 2.75) is 58.7 Å². The fourth-order valence-corrected chi connectivity index (χ4v) is 1.44. The molecule has 1 heteroatoms. The maximum atomic E-state index is 2.39. The van der Waals surface area contributed by atoms with Crippen LogP contribution in [0.15, 0.2) is 0 Å². The fourth-order valence-electron chi connectivity index (χ4n) is 1.44. The van der Waals surface area contributed by atoms with Gasteiger partial charge in [0.25, 0.3) is 0 Å². The van der Waals surface area contributed by atoms with Crippen molar-refractivity contribution in [2.24, 2.45) is 5.92 Å². The zero-order valence-electron chi connectivity index (χ0n) is 8.53. The zero-order valence-corrected chi connectivity index (χ0v) is 8.53. The van der Waals surface area contributed by atoms with E-state index in [1.165, 1.54) is 44.8 Å². The van der Waals surface area contributed by atoms with Crippen molar-refractivity contribution >= 4 is 7.85 Å². The number of rotatable bonds is 7. The van der Waals surface area contributed by atoms with Crippen LogP contribution in [0.25, 0.3) is 0 Å². The minimum Gasteiger partial charge on any atom is -0.0811 e. The van der Waals surface area contributed by atoms with Crippen LogP contribution in [0.3, 0.4) is 0 Å². The molecule has 0 spiro atoms. The Bertz CT molecular complexity index is 71.3. The van der Waals surface area contributed by atoms with E-state index in [4.69, 9.17) is 0 Å². The molecule has 0 aliphatic rings. The smallest absolute Gasteiger partial charge is 0.0811 e. The summed E-state index contributed by atoms with van der Waals surface area (Å²) < 4.78 is 0. The summed E-state index contributed by atoms with van der Waals surface area (Å²) in [6.45, 7) is 4.67. The van der Waals surface area contributed by atoms with Crippen molar-refractivity contribution in [1.29, 1.82) is 0 Å². The van der Waals surface area contributed by atoms with Crippen molar-refractivity contribution < 1.29 is 0 Å². The molecule has 1 atom stereocenters. The van der Waals surface area contributed by atoms with E-state index in [2.05, 4.69) is 21.7 Å². The van der Waals surface area contributed by atoms with Gasteiger partial charge in [0, 0.05) is 0 Å². The van der Waals surface area contributed by atoms with Crippen LogP contribution in [0.1, 0.15) is 52.4 Å². The predicted octanol–water partition coefficient (Wildman–Crippen LogP) is 3.03. The molecular weight excluding hydrogens is 131 g/mol. The topological polar surface area (TPSA) is 0 Å². The molecule has 0 bridgehead atoms. The molecule has 0 radical (unpaired) electrons. The van der Waals surface area contributed by atoms with Crippen LogP contribution in [0.2, 0.25) is 6.32 Å². The molecule has 0 aliphatic heterocycles. The summed E-state index contributed by atoms with van der Waals surface area (Å²) in [5, 5.41) is 0. The van der Waals surface area contributed by atoms with Gasteiger partial charge >= 0.3 is 0 Å². The Kier molecular flexibility index (Phi) is 8.21. The SMILES string of the molecule is BCCCCC(C)CCCC. The lowest BCUT2D eigenvalue weighted by Crippen LogP contribution is -1.94. The standard InChI is InChI=1S/C10H23B/c1-3-4-7-10(2)8-5-6-9-11/h10H,3-9,11H2,1-2H3. The molecule has 0 aromatic rings. The van der Waals surface area contributed by atoms with Crippen molar-refractivity contribution in [3.8, 4) is 0 Å². The Balaban J connectivity index is 3.02. The molecule has 0 heterocycles. The summed E-state index contributed by atoms with van der Waals surface area (Å²) in [7, 11) is 2.27. The highest BCUT2D eigenvalue weighted by atomic mass is 14.0. The van der Waals surface area contributed by atoms with Crippen LogP contribution in [-0.4, -0.2) is 7.85 Å². The molecule has 0 aromatic heterocycles. The van der Waals surface area contributed by atoms with Crippen LogP contribution in [0, 0.1) is 5.92 Å². The molecule has 0 aromatic carbocycles. The summed E-state index contributed by atoms with van der Waals surface area (Å²) in [5.74, 6) is 0.974. The van der Waals surface area contributed by atoms with Gasteiger partial charge in [-0.05, 0) is 5.92 Å². The van der Waals surface area contributed by atoms with Crippen molar-refractivity contribution in [3.63, 3.8) is 0 Å². The van der Waals surface area contributed by atoms with Gasteiger partial charge in [-0.2, -0.15) is 0 Å². The first-order valence-electron chi connectivity index (χ1n) is 5.31. The van der Waals surface area contributed by atoms with E-state index in [9.17, 15) is 0 Å². The van der Waals surface area contributed by atoms with E-state index in [0.29, 0.717) is 0 Å². The van der Waals surface area contributed by atoms with Crippen molar-refractivity contribution in [2.75, 3.05) is 0 Å². The third-order valence-corrected chi connectivity index (χ3v) is 2.35. The van der Waals surface area contributed by atoms with E-state index in [-0.39, 0.29) is 0 Å². The predicted molar refractivity (Wildman–Crippen MR) is 55.9 cm³/mol. The highest BCUT2D eigenvalue weighted by Gasteiger charge is 1.99. The number of unbranched alkanes of at least 4 members (excludes halogenated alkanes) is 2. The lowest BCUT2D eigenvalue weighted by molar-refractivity contribution is 0.454. The van der Waals surface area contributed by atoms with E-state index >= 15 is 0 Å². The molecule has 0 saturated carbocycles. The van der Waals surface area contributed by atoms with Gasteiger partial charge < -0.3 is 0 Å². The Hall–Kier alpha value is 0.0649. The molecule has 0 rings (SSSR count). The summed E-state index contributed by atoms with van der Waals surface area (Å²) in [4.78, 5) is 0. The van der Waals surface area contributed by atoms with Gasteiger partial charge in [-0.3, -0.25) is 0 Å². The molecule has 0 saturated heterocycles. The van der Waals surface area contributed by atoms with Gasteiger partial charge in [-0.15, -0.1) is 0 Å². The van der Waals surface area contributed by atoms with E-state index in [1.54, 1.807) is 0 Å². The first-order chi connectivity index (χ1) is 5.31. The highest BCUT2D eigenvalue weighted by Crippen LogP contribution is 2.15. The molecule has 0 nitrogen and oxygen atoms in total. The van der Waals surface area contributed by atoms with E-state index < -0.39 is 0 Å². The zero-order chi connectivity index (χ0) is 8.53. The largest absolute Gasteiger partial charge is 0.101 e. The van der Waals surface area contributed by atoms with Crippen molar-refractivity contribution in [3.05, 3.63) is 0 Å². The van der Waals surface area contributed by atoms with Gasteiger partial charge in [-0.1, -0.05) is 58.7 Å². The molecule has 0 N–H and O–H groups in total. The lowest BCUT2D eigenvalue weighted by Gasteiger charge is -2.09. The maximum absolute atomic E-state index is 2.39. The van der Waals surface area contributed by atoms with Crippen LogP contribution in [0.4, 0.5) is 0 Å². The molecule has 66 valence electrons. The average molecular weight is 154 g/mol.